The first-order chi connectivity index (χ1) is 23.8. The molecule has 9 rings (SSSR count). The van der Waals surface area contributed by atoms with Gasteiger partial charge in [0.05, 0.1) is 0 Å². The fourth-order valence-corrected chi connectivity index (χ4v) is 12.2. The molecule has 6 atom stereocenters. The van der Waals surface area contributed by atoms with E-state index in [1.54, 1.807) is 0 Å². The molecule has 0 unspecified atom stereocenters. The van der Waals surface area contributed by atoms with Crippen molar-refractivity contribution in [3.8, 4) is 0 Å². The van der Waals surface area contributed by atoms with Gasteiger partial charge in [-0.25, -0.2) is 9.78 Å². The first-order valence-corrected chi connectivity index (χ1v) is 19.2. The highest BCUT2D eigenvalue weighted by atomic mass is 31.2. The zero-order valence-electron chi connectivity index (χ0n) is 28.5. The van der Waals surface area contributed by atoms with Crippen molar-refractivity contribution < 1.29 is 24.0 Å². The van der Waals surface area contributed by atoms with Gasteiger partial charge >= 0.3 is 0 Å². The Morgan fingerprint density at radius 3 is 1.84 bits per heavy atom. The average molecular weight is 673 g/mol. The number of aldehydes is 1. The molecule has 4 aromatic carbocycles. The van der Waals surface area contributed by atoms with Crippen LogP contribution in [0.5, 0.6) is 0 Å². The molecule has 2 bridgehead atoms. The molecule has 49 heavy (non-hydrogen) atoms. The zero-order chi connectivity index (χ0) is 34.1. The number of benzene rings is 4. The van der Waals surface area contributed by atoms with Crippen LogP contribution in [0.2, 0.25) is 0 Å². The van der Waals surface area contributed by atoms with Crippen LogP contribution in [0.1, 0.15) is 57.6 Å². The van der Waals surface area contributed by atoms with Crippen LogP contribution in [0.25, 0.3) is 6.08 Å². The quantitative estimate of drug-likeness (QED) is 0.118. The minimum Gasteiger partial charge on any atom is -0.458 e. The van der Waals surface area contributed by atoms with Crippen molar-refractivity contribution in [1.29, 1.82) is 0 Å². The highest BCUT2D eigenvalue weighted by Crippen LogP contribution is 2.60. The summed E-state index contributed by atoms with van der Waals surface area (Å²) in [4.78, 5) is 23.0. The van der Waals surface area contributed by atoms with Crippen LogP contribution in [0.4, 0.5) is 0 Å². The van der Waals surface area contributed by atoms with E-state index >= 15 is 0 Å². The van der Waals surface area contributed by atoms with Crippen LogP contribution < -0.4 is 15.9 Å². The number of hydrogen-bond acceptors (Lipinski definition) is 5. The second kappa shape index (κ2) is 13.7. The van der Waals surface area contributed by atoms with Gasteiger partial charge in [-0.3, -0.25) is 4.79 Å². The predicted octanol–water partition coefficient (Wildman–Crippen LogP) is 8.18. The number of rotatable bonds is 6. The number of hydrogen-bond donors (Lipinski definition) is 0. The topological polar surface area (TPSA) is 54.0 Å². The third kappa shape index (κ3) is 5.98. The number of carbonyl (C=O) groups excluding carboxylic acids is 1. The van der Waals surface area contributed by atoms with Crippen molar-refractivity contribution in [3.05, 3.63) is 144 Å². The molecule has 0 aromatic heterocycles. The van der Waals surface area contributed by atoms with Crippen LogP contribution in [0.3, 0.4) is 0 Å². The van der Waals surface area contributed by atoms with Crippen molar-refractivity contribution >= 4 is 41.0 Å². The summed E-state index contributed by atoms with van der Waals surface area (Å²) in [6.45, 7) is 8.04. The molecule has 6 heteroatoms. The maximum Gasteiger partial charge on any atom is 0.236 e. The van der Waals surface area contributed by atoms with E-state index < -0.39 is 24.6 Å². The lowest BCUT2D eigenvalue weighted by atomic mass is 9.59. The van der Waals surface area contributed by atoms with E-state index in [1.165, 1.54) is 21.5 Å². The average Bonchev–Trinajstić information content (AvgIpc) is 3.39. The minimum atomic E-state index is -1.95. The van der Waals surface area contributed by atoms with Gasteiger partial charge in [0.1, 0.15) is 0 Å². The summed E-state index contributed by atoms with van der Waals surface area (Å²) in [5, 5.41) is 4.08. The maximum absolute atomic E-state index is 11.3. The van der Waals surface area contributed by atoms with E-state index in [4.69, 9.17) is 19.2 Å². The summed E-state index contributed by atoms with van der Waals surface area (Å²) in [6, 6.07) is 41.4. The van der Waals surface area contributed by atoms with E-state index in [9.17, 15) is 4.79 Å². The van der Waals surface area contributed by atoms with E-state index in [2.05, 4.69) is 135 Å². The molecular formula is C43H45O5P. The molecule has 1 saturated carbocycles. The lowest BCUT2D eigenvalue weighted by Gasteiger charge is -2.56. The fraction of sp³-hybridized carbons (Fsp3) is 0.302. The molecule has 0 N–H and O–H groups in total. The smallest absolute Gasteiger partial charge is 0.236 e. The van der Waals surface area contributed by atoms with Crippen molar-refractivity contribution in [1.82, 2.24) is 0 Å². The van der Waals surface area contributed by atoms with E-state index in [-0.39, 0.29) is 5.92 Å². The van der Waals surface area contributed by atoms with Gasteiger partial charge in [0.2, 0.25) is 12.1 Å². The molecule has 1 aliphatic carbocycles. The third-order valence-corrected chi connectivity index (χ3v) is 15.0. The fourth-order valence-electron chi connectivity index (χ4n) is 8.36. The van der Waals surface area contributed by atoms with Crippen molar-refractivity contribution in [3.63, 3.8) is 0 Å². The second-order valence-corrected chi connectivity index (χ2v) is 17.1. The summed E-state index contributed by atoms with van der Waals surface area (Å²) in [6.07, 6.45) is 6.01. The summed E-state index contributed by atoms with van der Waals surface area (Å²) >= 11 is 0. The summed E-state index contributed by atoms with van der Waals surface area (Å²) in [7, 11) is 0. The molecule has 1 spiro atoms. The van der Waals surface area contributed by atoms with Crippen molar-refractivity contribution in [2.24, 2.45) is 17.8 Å². The van der Waals surface area contributed by atoms with Crippen LogP contribution in [-0.2, 0) is 24.0 Å². The molecule has 252 valence electrons. The standard InChI is InChI=1S/C27H23P.C16H22O5/c1-2-23-18-20-24(21-19-23)22-28(25-12-6-3-7-13-25,26-14-8-4-9-15-26)27-16-10-5-11-17-27;1-9-4-5-12-10(2)13(8-17)18-14-16(12)11(9)6-7-15(3,19-14)20-21-16/h2-22H,1H2;8-9,11-12,14H,4-7H2,1-3H3/t;9-,11+,12+,14-,15-,16-/m.1/s1. The molecule has 3 saturated heterocycles. The predicted molar refractivity (Wildman–Crippen MR) is 199 cm³/mol. The Balaban J connectivity index is 0.000000160. The number of fused-ring (bicyclic) bond motifs is 2. The Labute approximate surface area is 290 Å². The number of ether oxygens (including phenoxy) is 2. The summed E-state index contributed by atoms with van der Waals surface area (Å²) in [5.41, 5.74) is 2.73. The van der Waals surface area contributed by atoms with Gasteiger partial charge < -0.3 is 9.47 Å². The first kappa shape index (κ1) is 33.5. The third-order valence-electron chi connectivity index (χ3n) is 11.0. The van der Waals surface area contributed by atoms with E-state index in [0.29, 0.717) is 17.6 Å². The maximum atomic E-state index is 11.3. The van der Waals surface area contributed by atoms with Gasteiger partial charge in [-0.05, 0) is 84.3 Å². The van der Waals surface area contributed by atoms with E-state index in [1.807, 2.05) is 19.9 Å². The molecule has 4 heterocycles. The minimum absolute atomic E-state index is 0.125. The second-order valence-electron chi connectivity index (χ2n) is 13.9. The van der Waals surface area contributed by atoms with Crippen LogP contribution >= 0.6 is 6.89 Å². The summed E-state index contributed by atoms with van der Waals surface area (Å²) < 4.78 is 12.0. The van der Waals surface area contributed by atoms with Gasteiger partial charge in [0.15, 0.2) is 17.6 Å². The van der Waals surface area contributed by atoms with Gasteiger partial charge in [-0.15, -0.1) is 0 Å². The molecule has 4 aliphatic heterocycles. The van der Waals surface area contributed by atoms with Gasteiger partial charge in [0.25, 0.3) is 0 Å². The van der Waals surface area contributed by atoms with Crippen molar-refractivity contribution in [2.45, 2.75) is 64.1 Å². The molecule has 0 radical (unpaired) electrons. The highest BCUT2D eigenvalue weighted by molar-refractivity contribution is 7.94. The molecular weight excluding hydrogens is 627 g/mol. The zero-order valence-corrected chi connectivity index (χ0v) is 29.4. The highest BCUT2D eigenvalue weighted by Gasteiger charge is 2.68. The SMILES string of the molecule is C=Cc1ccc(C=P(c2ccccc2)(c2ccccc2)c2ccccc2)cc1.CC1=C(C=O)O[C@@H]2O[C@@]3(C)CC[C@H]4[C@H](C)CC[C@@H]1[C@@]24OO3. The largest absolute Gasteiger partial charge is 0.458 e. The van der Waals surface area contributed by atoms with Gasteiger partial charge in [-0.1, -0.05) is 135 Å². The van der Waals surface area contributed by atoms with Crippen LogP contribution in [0.15, 0.2) is 133 Å². The Morgan fingerprint density at radius 2 is 1.31 bits per heavy atom. The summed E-state index contributed by atoms with van der Waals surface area (Å²) in [5.74, 6) is 3.10. The number of carbonyl (C=O) groups is 1. The Morgan fingerprint density at radius 1 is 0.755 bits per heavy atom. The monoisotopic (exact) mass is 672 g/mol. The van der Waals surface area contributed by atoms with Gasteiger partial charge in [0, 0.05) is 18.3 Å². The van der Waals surface area contributed by atoms with E-state index in [0.717, 1.165) is 43.1 Å². The normalized spacial score (nSPS) is 28.6. The van der Waals surface area contributed by atoms with Crippen LogP contribution in [-0.4, -0.2) is 29.8 Å². The van der Waals surface area contributed by atoms with Crippen molar-refractivity contribution in [2.75, 3.05) is 0 Å². The lowest BCUT2D eigenvalue weighted by molar-refractivity contribution is -0.555. The molecule has 5 nitrogen and oxygen atoms in total. The number of allylic oxidation sites excluding steroid dienone is 1. The molecule has 4 aromatic rings. The molecule has 4 fully saturated rings. The first-order valence-electron chi connectivity index (χ1n) is 17.3. The van der Waals surface area contributed by atoms with Gasteiger partial charge in [-0.2, -0.15) is 0 Å². The molecule has 0 amide bonds. The molecule has 5 aliphatic rings. The van der Waals surface area contributed by atoms with Crippen LogP contribution in [0, 0.1) is 17.8 Å². The Bertz CT molecular complexity index is 1770. The lowest BCUT2D eigenvalue weighted by Crippen LogP contribution is -2.66. The Hall–Kier alpha value is -3.99. The Kier molecular flexibility index (Phi) is 9.39.